The zero-order valence-corrected chi connectivity index (χ0v) is 9.86. The molecular weight excluding hydrogens is 217 g/mol. The van der Waals surface area contributed by atoms with E-state index in [0.29, 0.717) is 6.42 Å². The number of hydrogen-bond donors (Lipinski definition) is 1. The number of nitrogens with zero attached hydrogens (tertiary/aromatic N) is 1. The van der Waals surface area contributed by atoms with Gasteiger partial charge in [-0.15, -0.1) is 0 Å². The predicted molar refractivity (Wildman–Crippen MR) is 67.0 cm³/mol. The number of halogens is 1. The van der Waals surface area contributed by atoms with Crippen molar-refractivity contribution in [1.29, 1.82) is 0 Å². The Morgan fingerprint density at radius 1 is 1.59 bits per heavy atom. The van der Waals surface area contributed by atoms with Crippen LogP contribution in [0.1, 0.15) is 18.2 Å². The molecule has 1 rings (SSSR count). The van der Waals surface area contributed by atoms with Crippen LogP contribution in [0.25, 0.3) is 0 Å². The highest BCUT2D eigenvalue weighted by molar-refractivity contribution is 5.32. The summed E-state index contributed by atoms with van der Waals surface area (Å²) in [5.74, 6) is -0.264. The van der Waals surface area contributed by atoms with Gasteiger partial charge < -0.3 is 5.11 Å². The van der Waals surface area contributed by atoms with Crippen LogP contribution in [0.5, 0.6) is 0 Å². The van der Waals surface area contributed by atoms with Crippen molar-refractivity contribution in [3.63, 3.8) is 0 Å². The summed E-state index contributed by atoms with van der Waals surface area (Å²) in [6.07, 6.45) is 6.92. The molecule has 0 aliphatic carbocycles. The maximum absolute atomic E-state index is 12.9. The minimum Gasteiger partial charge on any atom is -0.392 e. The fraction of sp³-hybridized carbons (Fsp3) is 0.214. The van der Waals surface area contributed by atoms with Crippen molar-refractivity contribution in [3.8, 4) is 0 Å². The van der Waals surface area contributed by atoms with Crippen LogP contribution in [0, 0.1) is 0 Å². The highest BCUT2D eigenvalue weighted by Gasteiger charge is 2.04. The minimum atomic E-state index is -0.264. The van der Waals surface area contributed by atoms with Crippen LogP contribution in [-0.2, 0) is 13.0 Å². The van der Waals surface area contributed by atoms with Gasteiger partial charge in [0.05, 0.1) is 18.1 Å². The van der Waals surface area contributed by atoms with Crippen molar-refractivity contribution in [3.05, 3.63) is 65.8 Å². The summed E-state index contributed by atoms with van der Waals surface area (Å²) in [5, 5.41) is 9.17. The molecule has 0 aliphatic rings. The third-order valence-corrected chi connectivity index (χ3v) is 2.24. The van der Waals surface area contributed by atoms with Crippen LogP contribution < -0.4 is 0 Å². The van der Waals surface area contributed by atoms with E-state index < -0.39 is 0 Å². The molecule has 0 bridgehead atoms. The molecule has 0 atom stereocenters. The summed E-state index contributed by atoms with van der Waals surface area (Å²) in [6.45, 7) is 4.92. The van der Waals surface area contributed by atoms with Crippen molar-refractivity contribution < 1.29 is 9.50 Å². The molecule has 1 heterocycles. The number of aliphatic hydroxyl groups is 1. The first-order chi connectivity index (χ1) is 8.17. The summed E-state index contributed by atoms with van der Waals surface area (Å²) < 4.78 is 12.9. The summed E-state index contributed by atoms with van der Waals surface area (Å²) in [6, 6.07) is 3.57. The number of pyridine rings is 1. The van der Waals surface area contributed by atoms with E-state index in [1.807, 2.05) is 0 Å². The highest BCUT2D eigenvalue weighted by atomic mass is 19.1. The molecule has 0 radical (unpaired) electrons. The van der Waals surface area contributed by atoms with Gasteiger partial charge >= 0.3 is 0 Å². The first-order valence-electron chi connectivity index (χ1n) is 5.36. The zero-order chi connectivity index (χ0) is 12.7. The Bertz CT molecular complexity index is 445. The molecule has 1 aromatic heterocycles. The molecule has 0 aliphatic heterocycles. The molecule has 0 unspecified atom stereocenters. The average Bonchev–Trinajstić information content (AvgIpc) is 2.29. The Morgan fingerprint density at radius 3 is 2.94 bits per heavy atom. The van der Waals surface area contributed by atoms with E-state index in [2.05, 4.69) is 11.6 Å². The zero-order valence-electron chi connectivity index (χ0n) is 9.86. The molecule has 1 aromatic rings. The van der Waals surface area contributed by atoms with E-state index in [4.69, 9.17) is 0 Å². The lowest BCUT2D eigenvalue weighted by Gasteiger charge is -2.06. The van der Waals surface area contributed by atoms with E-state index in [9.17, 15) is 9.50 Å². The lowest BCUT2D eigenvalue weighted by Crippen LogP contribution is -1.99. The van der Waals surface area contributed by atoms with Gasteiger partial charge in [-0.2, -0.15) is 0 Å². The minimum absolute atomic E-state index is 0.0666. The first kappa shape index (κ1) is 13.3. The molecule has 17 heavy (non-hydrogen) atoms. The van der Waals surface area contributed by atoms with Crippen LogP contribution in [0.15, 0.2) is 54.5 Å². The second kappa shape index (κ2) is 6.76. The Hall–Kier alpha value is -1.74. The molecule has 90 valence electrons. The standard InChI is InChI=1S/C14H16FNO/c1-3-5-12(8-11(2)15)9-14-13(10-17)6-4-7-16-14/h3-8,17H,1,9-10H2,2H3/b11-8+,12-5+. The smallest absolute Gasteiger partial charge is 0.0971 e. The van der Waals surface area contributed by atoms with Crippen molar-refractivity contribution in [2.75, 3.05) is 0 Å². The van der Waals surface area contributed by atoms with Gasteiger partial charge in [0.2, 0.25) is 0 Å². The molecule has 0 amide bonds. The number of aromatic nitrogens is 1. The van der Waals surface area contributed by atoms with Crippen molar-refractivity contribution in [2.45, 2.75) is 20.0 Å². The maximum atomic E-state index is 12.9. The largest absolute Gasteiger partial charge is 0.392 e. The Balaban J connectivity index is 2.98. The molecule has 3 heteroatoms. The Morgan fingerprint density at radius 2 is 2.35 bits per heavy atom. The van der Waals surface area contributed by atoms with E-state index in [-0.39, 0.29) is 12.4 Å². The third-order valence-electron chi connectivity index (χ3n) is 2.24. The summed E-state index contributed by atoms with van der Waals surface area (Å²) in [7, 11) is 0. The van der Waals surface area contributed by atoms with Gasteiger partial charge in [0, 0.05) is 12.6 Å². The van der Waals surface area contributed by atoms with Crippen LogP contribution in [0.2, 0.25) is 0 Å². The number of allylic oxidation sites excluding steroid dienone is 5. The molecule has 0 fully saturated rings. The predicted octanol–water partition coefficient (Wildman–Crippen LogP) is 3.10. The van der Waals surface area contributed by atoms with Crippen LogP contribution in [-0.4, -0.2) is 10.1 Å². The molecule has 2 nitrogen and oxygen atoms in total. The van der Waals surface area contributed by atoms with Crippen LogP contribution >= 0.6 is 0 Å². The van der Waals surface area contributed by atoms with Gasteiger partial charge in [0.1, 0.15) is 0 Å². The van der Waals surface area contributed by atoms with Gasteiger partial charge in [-0.05, 0) is 30.2 Å². The first-order valence-corrected chi connectivity index (χ1v) is 5.36. The summed E-state index contributed by atoms with van der Waals surface area (Å²) in [4.78, 5) is 4.19. The fourth-order valence-corrected chi connectivity index (χ4v) is 1.53. The van der Waals surface area contributed by atoms with E-state index in [1.165, 1.54) is 13.0 Å². The lowest BCUT2D eigenvalue weighted by atomic mass is 10.0. The highest BCUT2D eigenvalue weighted by Crippen LogP contribution is 2.14. The Kier molecular flexibility index (Phi) is 5.30. The summed E-state index contributed by atoms with van der Waals surface area (Å²) in [5.41, 5.74) is 2.28. The van der Waals surface area contributed by atoms with Gasteiger partial charge in [-0.3, -0.25) is 4.98 Å². The topological polar surface area (TPSA) is 33.1 Å². The molecule has 0 spiro atoms. The molecule has 0 saturated heterocycles. The lowest BCUT2D eigenvalue weighted by molar-refractivity contribution is 0.280. The van der Waals surface area contributed by atoms with E-state index in [0.717, 1.165) is 16.8 Å². The quantitative estimate of drug-likeness (QED) is 0.793. The average molecular weight is 233 g/mol. The monoisotopic (exact) mass is 233 g/mol. The van der Waals surface area contributed by atoms with Crippen molar-refractivity contribution >= 4 is 0 Å². The Labute approximate surface area is 101 Å². The second-order valence-electron chi connectivity index (χ2n) is 3.65. The number of aliphatic hydroxyl groups excluding tert-OH is 1. The molecular formula is C14H16FNO. The molecule has 0 saturated carbocycles. The second-order valence-corrected chi connectivity index (χ2v) is 3.65. The fourth-order valence-electron chi connectivity index (χ4n) is 1.53. The number of rotatable bonds is 5. The van der Waals surface area contributed by atoms with Gasteiger partial charge in [0.25, 0.3) is 0 Å². The van der Waals surface area contributed by atoms with Crippen molar-refractivity contribution in [2.24, 2.45) is 0 Å². The van der Waals surface area contributed by atoms with Gasteiger partial charge in [-0.1, -0.05) is 24.8 Å². The van der Waals surface area contributed by atoms with Crippen LogP contribution in [0.3, 0.4) is 0 Å². The van der Waals surface area contributed by atoms with Gasteiger partial charge in [0.15, 0.2) is 0 Å². The van der Waals surface area contributed by atoms with E-state index >= 15 is 0 Å². The maximum Gasteiger partial charge on any atom is 0.0971 e. The number of hydrogen-bond acceptors (Lipinski definition) is 2. The van der Waals surface area contributed by atoms with E-state index in [1.54, 1.807) is 30.5 Å². The van der Waals surface area contributed by atoms with Gasteiger partial charge in [-0.25, -0.2) is 4.39 Å². The van der Waals surface area contributed by atoms with Crippen LogP contribution in [0.4, 0.5) is 4.39 Å². The SMILES string of the molecule is C=C/C=C(\C=C(/C)F)Cc1ncccc1CO. The summed E-state index contributed by atoms with van der Waals surface area (Å²) >= 11 is 0. The third kappa shape index (κ3) is 4.33. The molecule has 0 aromatic carbocycles. The normalized spacial score (nSPS) is 12.6. The van der Waals surface area contributed by atoms with Crippen molar-refractivity contribution in [1.82, 2.24) is 4.98 Å². The molecule has 1 N–H and O–H groups in total.